The number of aliphatic hydroxyl groups is 1. The van der Waals surface area contributed by atoms with Crippen molar-refractivity contribution >= 4 is 5.91 Å². The van der Waals surface area contributed by atoms with E-state index in [-0.39, 0.29) is 23.2 Å². The van der Waals surface area contributed by atoms with Crippen LogP contribution in [-0.4, -0.2) is 34.6 Å². The molecule has 0 radical (unpaired) electrons. The van der Waals surface area contributed by atoms with Crippen LogP contribution in [0.15, 0.2) is 18.2 Å². The van der Waals surface area contributed by atoms with Gasteiger partial charge in [0.05, 0.1) is 11.2 Å². The highest BCUT2D eigenvalue weighted by Gasteiger charge is 2.53. The molecule has 3 aliphatic rings. The number of likely N-dealkylation sites (tertiary alicyclic amines) is 1. The van der Waals surface area contributed by atoms with Crippen molar-refractivity contribution in [1.29, 1.82) is 0 Å². The van der Waals surface area contributed by atoms with Gasteiger partial charge in [-0.25, -0.2) is 0 Å². The first-order chi connectivity index (χ1) is 12.5. The molecule has 1 N–H and O–H groups in total. The fourth-order valence-corrected chi connectivity index (χ4v) is 5.52. The molecule has 0 unspecified atom stereocenters. The van der Waals surface area contributed by atoms with Gasteiger partial charge in [0.15, 0.2) is 0 Å². The van der Waals surface area contributed by atoms with Crippen LogP contribution in [0.25, 0.3) is 0 Å². The molecule has 1 heterocycles. The molecule has 1 aromatic rings. The molecule has 3 fully saturated rings. The van der Waals surface area contributed by atoms with Crippen LogP contribution in [0.3, 0.4) is 0 Å². The lowest BCUT2D eigenvalue weighted by Gasteiger charge is -2.52. The number of halogens is 3. The molecular formula is C21H26F3NO2. The Labute approximate surface area is 157 Å². The highest BCUT2D eigenvalue weighted by atomic mass is 19.4. The number of hydrogen-bond acceptors (Lipinski definition) is 2. The number of carbonyl (C=O) groups is 1. The third-order valence-electron chi connectivity index (χ3n) is 6.91. The zero-order valence-electron chi connectivity index (χ0n) is 15.8. The highest BCUT2D eigenvalue weighted by molar-refractivity contribution is 5.81. The van der Waals surface area contributed by atoms with Crippen LogP contribution in [0, 0.1) is 18.3 Å². The summed E-state index contributed by atoms with van der Waals surface area (Å²) in [5.74, 6) is 0.195. The van der Waals surface area contributed by atoms with Crippen molar-refractivity contribution in [2.75, 3.05) is 13.1 Å². The largest absolute Gasteiger partial charge is 0.416 e. The van der Waals surface area contributed by atoms with E-state index in [1.807, 2.05) is 11.0 Å². The molecular weight excluding hydrogens is 355 g/mol. The second-order valence-electron chi connectivity index (χ2n) is 9.25. The number of nitrogens with zero attached hydrogens (tertiary/aromatic N) is 1. The van der Waals surface area contributed by atoms with Gasteiger partial charge in [-0.15, -0.1) is 0 Å². The van der Waals surface area contributed by atoms with Gasteiger partial charge in [-0.2, -0.15) is 13.2 Å². The number of hydrogen-bond donors (Lipinski definition) is 1. The predicted molar refractivity (Wildman–Crippen MR) is 95.1 cm³/mol. The van der Waals surface area contributed by atoms with Gasteiger partial charge in [0.25, 0.3) is 0 Å². The SMILES string of the molecule is Cc1c([C@@H]2CCC3(C2)CN(C(=O)C2CC(C)(O)C2)C3)cccc1C(F)(F)F. The first-order valence-corrected chi connectivity index (χ1v) is 9.68. The zero-order valence-corrected chi connectivity index (χ0v) is 15.8. The van der Waals surface area contributed by atoms with Crippen molar-refractivity contribution in [3.8, 4) is 0 Å². The van der Waals surface area contributed by atoms with Crippen LogP contribution in [0.1, 0.15) is 61.6 Å². The van der Waals surface area contributed by atoms with E-state index < -0.39 is 17.3 Å². The van der Waals surface area contributed by atoms with Gasteiger partial charge in [-0.05, 0) is 69.1 Å². The summed E-state index contributed by atoms with van der Waals surface area (Å²) in [5.41, 5.74) is -0.0313. The lowest BCUT2D eigenvalue weighted by atomic mass is 9.69. The molecule has 1 spiro atoms. The Balaban J connectivity index is 1.40. The van der Waals surface area contributed by atoms with Gasteiger partial charge in [0.1, 0.15) is 0 Å². The molecule has 1 amide bonds. The van der Waals surface area contributed by atoms with E-state index in [0.717, 1.165) is 30.9 Å². The molecule has 2 aliphatic carbocycles. The maximum absolute atomic E-state index is 13.2. The molecule has 1 aliphatic heterocycles. The molecule has 0 aromatic heterocycles. The maximum Gasteiger partial charge on any atom is 0.416 e. The quantitative estimate of drug-likeness (QED) is 0.831. The normalized spacial score (nSPS) is 32.3. The van der Waals surface area contributed by atoms with Crippen LogP contribution in [0.4, 0.5) is 13.2 Å². The number of alkyl halides is 3. The number of rotatable bonds is 2. The summed E-state index contributed by atoms with van der Waals surface area (Å²) in [5, 5.41) is 9.83. The van der Waals surface area contributed by atoms with Gasteiger partial charge in [-0.3, -0.25) is 4.79 Å². The number of benzene rings is 1. The Hall–Kier alpha value is -1.56. The third kappa shape index (κ3) is 3.26. The van der Waals surface area contributed by atoms with E-state index in [9.17, 15) is 23.1 Å². The molecule has 148 valence electrons. The highest BCUT2D eigenvalue weighted by Crippen LogP contribution is 2.53. The van der Waals surface area contributed by atoms with Gasteiger partial charge in [0, 0.05) is 24.4 Å². The van der Waals surface area contributed by atoms with Crippen molar-refractivity contribution in [2.24, 2.45) is 11.3 Å². The summed E-state index contributed by atoms with van der Waals surface area (Å²) < 4.78 is 39.6. The Morgan fingerprint density at radius 2 is 1.89 bits per heavy atom. The summed E-state index contributed by atoms with van der Waals surface area (Å²) in [6, 6.07) is 4.49. The van der Waals surface area contributed by atoms with E-state index in [0.29, 0.717) is 31.5 Å². The van der Waals surface area contributed by atoms with Crippen LogP contribution < -0.4 is 0 Å². The number of amides is 1. The summed E-state index contributed by atoms with van der Waals surface area (Å²) in [7, 11) is 0. The lowest BCUT2D eigenvalue weighted by molar-refractivity contribution is -0.161. The molecule has 2 saturated carbocycles. The maximum atomic E-state index is 13.2. The molecule has 1 saturated heterocycles. The van der Waals surface area contributed by atoms with Gasteiger partial charge >= 0.3 is 6.18 Å². The van der Waals surface area contributed by atoms with Crippen molar-refractivity contribution in [1.82, 2.24) is 4.90 Å². The van der Waals surface area contributed by atoms with E-state index in [1.165, 1.54) is 6.07 Å². The van der Waals surface area contributed by atoms with Crippen LogP contribution in [0.2, 0.25) is 0 Å². The summed E-state index contributed by atoms with van der Waals surface area (Å²) >= 11 is 0. The number of carbonyl (C=O) groups excluding carboxylic acids is 1. The lowest BCUT2D eigenvalue weighted by Crippen LogP contribution is -2.61. The second-order valence-corrected chi connectivity index (χ2v) is 9.25. The van der Waals surface area contributed by atoms with Gasteiger partial charge in [0.2, 0.25) is 5.91 Å². The summed E-state index contributed by atoms with van der Waals surface area (Å²) in [6.45, 7) is 4.74. The smallest absolute Gasteiger partial charge is 0.390 e. The summed E-state index contributed by atoms with van der Waals surface area (Å²) in [4.78, 5) is 14.4. The molecule has 4 rings (SSSR count). The topological polar surface area (TPSA) is 40.5 Å². The first-order valence-electron chi connectivity index (χ1n) is 9.68. The minimum absolute atomic E-state index is 0.0628. The molecule has 6 heteroatoms. The second kappa shape index (κ2) is 5.97. The first kappa shape index (κ1) is 18.8. The van der Waals surface area contributed by atoms with Crippen LogP contribution in [-0.2, 0) is 11.0 Å². The molecule has 3 nitrogen and oxygen atoms in total. The van der Waals surface area contributed by atoms with E-state index in [2.05, 4.69) is 0 Å². The van der Waals surface area contributed by atoms with Crippen molar-refractivity contribution in [3.05, 3.63) is 34.9 Å². The van der Waals surface area contributed by atoms with Crippen molar-refractivity contribution in [3.63, 3.8) is 0 Å². The van der Waals surface area contributed by atoms with Crippen LogP contribution >= 0.6 is 0 Å². The standard InChI is InChI=1S/C21H26F3NO2/c1-13-16(4-3-5-17(13)21(22,23)24)14-6-7-20(10-14)11-25(12-20)18(26)15-8-19(2,27)9-15/h3-5,14-15,27H,6-12H2,1-2H3/t14-,15?,19?/m1/s1. The van der Waals surface area contributed by atoms with E-state index in [1.54, 1.807) is 13.8 Å². The van der Waals surface area contributed by atoms with Crippen molar-refractivity contribution < 1.29 is 23.1 Å². The Kier molecular flexibility index (Phi) is 4.15. The molecule has 1 aromatic carbocycles. The molecule has 0 bridgehead atoms. The summed E-state index contributed by atoms with van der Waals surface area (Å²) in [6.07, 6.45) is -0.577. The zero-order chi connectivity index (χ0) is 19.6. The minimum atomic E-state index is -4.32. The predicted octanol–water partition coefficient (Wildman–Crippen LogP) is 4.27. The van der Waals surface area contributed by atoms with Gasteiger partial charge in [-0.1, -0.05) is 12.1 Å². The van der Waals surface area contributed by atoms with E-state index >= 15 is 0 Å². The third-order valence-corrected chi connectivity index (χ3v) is 6.91. The fourth-order valence-electron chi connectivity index (χ4n) is 5.52. The molecule has 1 atom stereocenters. The van der Waals surface area contributed by atoms with E-state index in [4.69, 9.17) is 0 Å². The van der Waals surface area contributed by atoms with Crippen LogP contribution in [0.5, 0.6) is 0 Å². The monoisotopic (exact) mass is 381 g/mol. The average molecular weight is 381 g/mol. The minimum Gasteiger partial charge on any atom is -0.390 e. The van der Waals surface area contributed by atoms with Crippen molar-refractivity contribution in [2.45, 2.75) is 63.6 Å². The van der Waals surface area contributed by atoms with Gasteiger partial charge < -0.3 is 10.0 Å². The Morgan fingerprint density at radius 3 is 2.48 bits per heavy atom. The Morgan fingerprint density at radius 1 is 1.22 bits per heavy atom. The Bertz CT molecular complexity index is 757. The average Bonchev–Trinajstić information content (AvgIpc) is 2.95. The fraction of sp³-hybridized carbons (Fsp3) is 0.667. The molecule has 27 heavy (non-hydrogen) atoms.